The fourth-order valence-electron chi connectivity index (χ4n) is 2.11. The molecule has 1 atom stereocenters. The van der Waals surface area contributed by atoms with Gasteiger partial charge in [-0.1, -0.05) is 13.8 Å². The third-order valence-corrected chi connectivity index (χ3v) is 3.32. The van der Waals surface area contributed by atoms with Crippen LogP contribution in [-0.4, -0.2) is 41.9 Å². The van der Waals surface area contributed by atoms with E-state index in [1.165, 1.54) is 0 Å². The Balaban J connectivity index is 2.50. The van der Waals surface area contributed by atoms with E-state index in [2.05, 4.69) is 10.6 Å². The van der Waals surface area contributed by atoms with Gasteiger partial charge in [0, 0.05) is 18.8 Å². The van der Waals surface area contributed by atoms with Crippen LogP contribution >= 0.6 is 0 Å². The van der Waals surface area contributed by atoms with Crippen molar-refractivity contribution < 1.29 is 19.4 Å². The van der Waals surface area contributed by atoms with Crippen molar-refractivity contribution in [3.8, 4) is 0 Å². The Labute approximate surface area is 113 Å². The molecule has 2 amide bonds. The standard InChI is InChI=1S/C13H24N2O4/c1-9(2)8-10(11(16)17)14-12(18)15-13(3)4-6-19-7-5-13/h9-10H,4-8H2,1-3H3,(H,16,17)(H2,14,15,18)/t10-/m1/s1. The van der Waals surface area contributed by atoms with Gasteiger partial charge in [0.25, 0.3) is 0 Å². The molecule has 0 unspecified atom stereocenters. The molecule has 1 aliphatic rings. The van der Waals surface area contributed by atoms with E-state index in [0.29, 0.717) is 19.6 Å². The summed E-state index contributed by atoms with van der Waals surface area (Å²) in [5.74, 6) is -0.791. The molecule has 0 aromatic carbocycles. The Bertz CT molecular complexity index is 325. The van der Waals surface area contributed by atoms with Crippen molar-refractivity contribution in [3.63, 3.8) is 0 Å². The number of aliphatic carboxylic acids is 1. The number of carbonyl (C=O) groups excluding carboxylic acids is 1. The summed E-state index contributed by atoms with van der Waals surface area (Å²) in [6, 6.07) is -1.26. The van der Waals surface area contributed by atoms with E-state index < -0.39 is 18.0 Å². The highest BCUT2D eigenvalue weighted by molar-refractivity contribution is 5.82. The van der Waals surface area contributed by atoms with E-state index in [-0.39, 0.29) is 11.5 Å². The van der Waals surface area contributed by atoms with Crippen LogP contribution in [0.3, 0.4) is 0 Å². The molecule has 0 saturated carbocycles. The van der Waals surface area contributed by atoms with E-state index in [9.17, 15) is 9.59 Å². The highest BCUT2D eigenvalue weighted by atomic mass is 16.5. The minimum atomic E-state index is -0.999. The fourth-order valence-corrected chi connectivity index (χ4v) is 2.11. The number of amides is 2. The topological polar surface area (TPSA) is 87.7 Å². The summed E-state index contributed by atoms with van der Waals surface area (Å²) in [7, 11) is 0. The molecule has 0 spiro atoms. The number of hydrogen-bond acceptors (Lipinski definition) is 3. The first-order valence-electron chi connectivity index (χ1n) is 6.71. The zero-order valence-corrected chi connectivity index (χ0v) is 11.9. The second kappa shape index (κ2) is 6.75. The molecule has 0 aromatic rings. The van der Waals surface area contributed by atoms with Crippen molar-refractivity contribution in [3.05, 3.63) is 0 Å². The van der Waals surface area contributed by atoms with Crippen molar-refractivity contribution in [2.75, 3.05) is 13.2 Å². The third kappa shape index (κ3) is 5.46. The molecule has 6 nitrogen and oxygen atoms in total. The van der Waals surface area contributed by atoms with Gasteiger partial charge in [0.2, 0.25) is 0 Å². The second-order valence-corrected chi connectivity index (χ2v) is 5.79. The molecule has 3 N–H and O–H groups in total. The number of urea groups is 1. The molecule has 110 valence electrons. The Kier molecular flexibility index (Phi) is 5.60. The zero-order chi connectivity index (χ0) is 14.5. The maximum absolute atomic E-state index is 11.9. The van der Waals surface area contributed by atoms with Gasteiger partial charge < -0.3 is 20.5 Å². The van der Waals surface area contributed by atoms with E-state index >= 15 is 0 Å². The van der Waals surface area contributed by atoms with Crippen molar-refractivity contribution in [1.82, 2.24) is 10.6 Å². The number of carboxylic acids is 1. The highest BCUT2D eigenvalue weighted by Gasteiger charge is 2.30. The van der Waals surface area contributed by atoms with Gasteiger partial charge in [-0.05, 0) is 32.1 Å². The van der Waals surface area contributed by atoms with Crippen LogP contribution in [0.15, 0.2) is 0 Å². The van der Waals surface area contributed by atoms with Gasteiger partial charge in [-0.25, -0.2) is 9.59 Å². The van der Waals surface area contributed by atoms with Crippen LogP contribution in [0.25, 0.3) is 0 Å². The first-order chi connectivity index (χ1) is 8.82. The molecule has 0 bridgehead atoms. The van der Waals surface area contributed by atoms with Gasteiger partial charge >= 0.3 is 12.0 Å². The lowest BCUT2D eigenvalue weighted by Gasteiger charge is -2.34. The number of carboxylic acid groups (broad SMARTS) is 1. The van der Waals surface area contributed by atoms with Gasteiger partial charge in [0.15, 0.2) is 0 Å². The minimum absolute atomic E-state index is 0.208. The minimum Gasteiger partial charge on any atom is -0.480 e. The summed E-state index contributed by atoms with van der Waals surface area (Å²) >= 11 is 0. The Hall–Kier alpha value is -1.30. The fraction of sp³-hybridized carbons (Fsp3) is 0.846. The maximum Gasteiger partial charge on any atom is 0.326 e. The lowest BCUT2D eigenvalue weighted by atomic mass is 9.93. The monoisotopic (exact) mass is 272 g/mol. The van der Waals surface area contributed by atoms with E-state index in [0.717, 1.165) is 12.8 Å². The molecule has 1 rings (SSSR count). The quantitative estimate of drug-likeness (QED) is 0.705. The number of carbonyl (C=O) groups is 2. The first-order valence-corrected chi connectivity index (χ1v) is 6.71. The van der Waals surface area contributed by atoms with Crippen molar-refractivity contribution >= 4 is 12.0 Å². The lowest BCUT2D eigenvalue weighted by molar-refractivity contribution is -0.139. The van der Waals surface area contributed by atoms with Crippen molar-refractivity contribution in [2.45, 2.75) is 51.6 Å². The molecule has 1 fully saturated rings. The van der Waals surface area contributed by atoms with Crippen LogP contribution in [0.4, 0.5) is 4.79 Å². The molecule has 0 aromatic heterocycles. The van der Waals surface area contributed by atoms with Gasteiger partial charge in [0.1, 0.15) is 6.04 Å². The second-order valence-electron chi connectivity index (χ2n) is 5.79. The van der Waals surface area contributed by atoms with Crippen LogP contribution in [0.5, 0.6) is 0 Å². The average molecular weight is 272 g/mol. The molecule has 19 heavy (non-hydrogen) atoms. The first kappa shape index (κ1) is 15.8. The predicted octanol–water partition coefficient (Wildman–Crippen LogP) is 1.35. The number of nitrogens with one attached hydrogen (secondary N) is 2. The SMILES string of the molecule is CC(C)C[C@@H](NC(=O)NC1(C)CCOCC1)C(=O)O. The third-order valence-electron chi connectivity index (χ3n) is 3.32. The van der Waals surface area contributed by atoms with Gasteiger partial charge in [-0.2, -0.15) is 0 Å². The summed E-state index contributed by atoms with van der Waals surface area (Å²) in [5, 5.41) is 14.5. The van der Waals surface area contributed by atoms with Crippen LogP contribution < -0.4 is 10.6 Å². The van der Waals surface area contributed by atoms with Gasteiger partial charge in [0.05, 0.1) is 0 Å². The van der Waals surface area contributed by atoms with Crippen molar-refractivity contribution in [1.29, 1.82) is 0 Å². The average Bonchev–Trinajstić information content (AvgIpc) is 2.27. The molecule has 0 radical (unpaired) electrons. The predicted molar refractivity (Wildman–Crippen MR) is 71.0 cm³/mol. The van der Waals surface area contributed by atoms with Crippen LogP contribution in [-0.2, 0) is 9.53 Å². The van der Waals surface area contributed by atoms with E-state index in [1.807, 2.05) is 20.8 Å². The molecule has 0 aliphatic carbocycles. The largest absolute Gasteiger partial charge is 0.480 e. The summed E-state index contributed by atoms with van der Waals surface area (Å²) < 4.78 is 5.25. The molecule has 1 aliphatic heterocycles. The van der Waals surface area contributed by atoms with Crippen molar-refractivity contribution in [2.24, 2.45) is 5.92 Å². The number of hydrogen-bond donors (Lipinski definition) is 3. The summed E-state index contributed by atoms with van der Waals surface area (Å²) in [5.41, 5.74) is -0.316. The molecular weight excluding hydrogens is 248 g/mol. The molecule has 6 heteroatoms. The van der Waals surface area contributed by atoms with Crippen LogP contribution in [0.1, 0.15) is 40.0 Å². The van der Waals surface area contributed by atoms with Gasteiger partial charge in [-0.15, -0.1) is 0 Å². The lowest BCUT2D eigenvalue weighted by Crippen LogP contribution is -2.55. The summed E-state index contributed by atoms with van der Waals surface area (Å²) in [4.78, 5) is 23.0. The van der Waals surface area contributed by atoms with E-state index in [1.54, 1.807) is 0 Å². The Morgan fingerprint density at radius 3 is 2.37 bits per heavy atom. The van der Waals surface area contributed by atoms with Gasteiger partial charge in [-0.3, -0.25) is 0 Å². The summed E-state index contributed by atoms with van der Waals surface area (Å²) in [6.45, 7) is 7.04. The normalized spacial score (nSPS) is 19.8. The molecule has 1 heterocycles. The molecule has 1 saturated heterocycles. The number of rotatable bonds is 5. The van der Waals surface area contributed by atoms with Crippen LogP contribution in [0.2, 0.25) is 0 Å². The Morgan fingerprint density at radius 2 is 1.89 bits per heavy atom. The summed E-state index contributed by atoms with van der Waals surface area (Å²) in [6.07, 6.45) is 1.90. The maximum atomic E-state index is 11.9. The smallest absolute Gasteiger partial charge is 0.326 e. The molecular formula is C13H24N2O4. The van der Waals surface area contributed by atoms with E-state index in [4.69, 9.17) is 9.84 Å². The highest BCUT2D eigenvalue weighted by Crippen LogP contribution is 2.19. The zero-order valence-electron chi connectivity index (χ0n) is 11.9. The number of ether oxygens (including phenoxy) is 1. The van der Waals surface area contributed by atoms with Crippen LogP contribution in [0, 0.1) is 5.92 Å². The Morgan fingerprint density at radius 1 is 1.32 bits per heavy atom.